The largest absolute Gasteiger partial charge is 0.489 e. The molecule has 0 saturated carbocycles. The van der Waals surface area contributed by atoms with E-state index in [0.29, 0.717) is 5.75 Å². The van der Waals surface area contributed by atoms with E-state index in [-0.39, 0.29) is 16.7 Å². The molecule has 1 radical (unpaired) electrons. The van der Waals surface area contributed by atoms with Gasteiger partial charge in [0, 0.05) is 19.2 Å². The van der Waals surface area contributed by atoms with Crippen LogP contribution in [-0.2, 0) is 0 Å². The lowest BCUT2D eigenvalue weighted by atomic mass is 10.1. The molecule has 0 atom stereocenters. The molecular formula is C14H19N2O3. The molecule has 1 aromatic carbocycles. The fourth-order valence-corrected chi connectivity index (χ4v) is 2.22. The molecule has 5 nitrogen and oxygen atoms in total. The smallest absolute Gasteiger partial charge is 0.273 e. The van der Waals surface area contributed by atoms with E-state index in [9.17, 15) is 10.1 Å². The molecule has 0 spiro atoms. The Labute approximate surface area is 113 Å². The monoisotopic (exact) mass is 263 g/mol. The molecule has 1 aliphatic rings. The number of nitrogens with zero attached hydrogens (tertiary/aromatic N) is 2. The van der Waals surface area contributed by atoms with Crippen LogP contribution in [0.25, 0.3) is 0 Å². The van der Waals surface area contributed by atoms with E-state index in [2.05, 4.69) is 11.3 Å². The molecule has 1 aliphatic heterocycles. The number of rotatable bonds is 4. The van der Waals surface area contributed by atoms with Gasteiger partial charge in [0.15, 0.2) is 0 Å². The first-order valence-corrected chi connectivity index (χ1v) is 6.59. The highest BCUT2D eigenvalue weighted by molar-refractivity contribution is 5.62. The Morgan fingerprint density at radius 2 is 2.00 bits per heavy atom. The molecule has 0 amide bonds. The summed E-state index contributed by atoms with van der Waals surface area (Å²) in [4.78, 5) is 12.7. The number of hydrogen-bond acceptors (Lipinski definition) is 4. The van der Waals surface area contributed by atoms with Crippen LogP contribution in [0.4, 0.5) is 11.4 Å². The molecular weight excluding hydrogens is 244 g/mol. The van der Waals surface area contributed by atoms with Crippen LogP contribution in [0.5, 0.6) is 5.75 Å². The molecule has 0 aliphatic carbocycles. The molecule has 19 heavy (non-hydrogen) atoms. The van der Waals surface area contributed by atoms with Crippen molar-refractivity contribution < 1.29 is 9.66 Å². The summed E-state index contributed by atoms with van der Waals surface area (Å²) in [6.45, 7) is 5.72. The summed E-state index contributed by atoms with van der Waals surface area (Å²) in [6.07, 6.45) is 4.35. The quantitative estimate of drug-likeness (QED) is 0.618. The third-order valence-electron chi connectivity index (χ3n) is 3.06. The average Bonchev–Trinajstić information content (AvgIpc) is 2.39. The van der Waals surface area contributed by atoms with Gasteiger partial charge in [-0.2, -0.15) is 0 Å². The normalized spacial score (nSPS) is 15.6. The lowest BCUT2D eigenvalue weighted by molar-refractivity contribution is -0.384. The van der Waals surface area contributed by atoms with Gasteiger partial charge in [-0.1, -0.05) is 0 Å². The van der Waals surface area contributed by atoms with Gasteiger partial charge in [-0.25, -0.2) is 0 Å². The van der Waals surface area contributed by atoms with E-state index >= 15 is 0 Å². The number of ether oxygens (including phenoxy) is 1. The van der Waals surface area contributed by atoms with Gasteiger partial charge in [-0.3, -0.25) is 10.1 Å². The number of nitro benzene ring substituents is 1. The molecule has 1 aromatic rings. The van der Waals surface area contributed by atoms with Crippen molar-refractivity contribution in [3.63, 3.8) is 0 Å². The molecule has 2 rings (SSSR count). The third kappa shape index (κ3) is 3.36. The SMILES string of the molecule is CC(C)Oc1cc([N+](=O)[O-])ccc1N1CC[CH]CC1. The first kappa shape index (κ1) is 13.6. The molecule has 0 unspecified atom stereocenters. The van der Waals surface area contributed by atoms with Crippen LogP contribution < -0.4 is 9.64 Å². The Hall–Kier alpha value is -1.78. The van der Waals surface area contributed by atoms with Gasteiger partial charge in [-0.05, 0) is 39.2 Å². The number of piperidine rings is 1. The summed E-state index contributed by atoms with van der Waals surface area (Å²) in [5, 5.41) is 10.9. The Balaban J connectivity index is 2.31. The average molecular weight is 263 g/mol. The maximum absolute atomic E-state index is 10.9. The van der Waals surface area contributed by atoms with Crippen LogP contribution in [0.2, 0.25) is 0 Å². The Morgan fingerprint density at radius 1 is 1.32 bits per heavy atom. The summed E-state index contributed by atoms with van der Waals surface area (Å²) in [7, 11) is 0. The third-order valence-corrected chi connectivity index (χ3v) is 3.06. The Bertz CT molecular complexity index is 454. The number of nitro groups is 1. The minimum absolute atomic E-state index is 0.00268. The fourth-order valence-electron chi connectivity index (χ4n) is 2.22. The van der Waals surface area contributed by atoms with Crippen LogP contribution in [0, 0.1) is 16.5 Å². The van der Waals surface area contributed by atoms with Crippen molar-refractivity contribution in [1.29, 1.82) is 0 Å². The lowest BCUT2D eigenvalue weighted by Crippen LogP contribution is -2.30. The maximum Gasteiger partial charge on any atom is 0.273 e. The molecule has 1 saturated heterocycles. The molecule has 1 fully saturated rings. The van der Waals surface area contributed by atoms with Gasteiger partial charge >= 0.3 is 0 Å². The summed E-state index contributed by atoms with van der Waals surface area (Å²) >= 11 is 0. The second kappa shape index (κ2) is 5.91. The molecule has 0 aromatic heterocycles. The van der Waals surface area contributed by atoms with Gasteiger partial charge in [0.2, 0.25) is 0 Å². The number of hydrogen-bond donors (Lipinski definition) is 0. The predicted octanol–water partition coefficient (Wildman–Crippen LogP) is 3.19. The van der Waals surface area contributed by atoms with E-state index in [1.54, 1.807) is 12.1 Å². The minimum Gasteiger partial charge on any atom is -0.489 e. The number of non-ortho nitro benzene ring substituents is 1. The van der Waals surface area contributed by atoms with Crippen LogP contribution in [0.1, 0.15) is 26.7 Å². The van der Waals surface area contributed by atoms with Crippen LogP contribution in [0.3, 0.4) is 0 Å². The van der Waals surface area contributed by atoms with Gasteiger partial charge in [0.25, 0.3) is 5.69 Å². The molecule has 103 valence electrons. The van der Waals surface area contributed by atoms with E-state index in [4.69, 9.17) is 4.74 Å². The van der Waals surface area contributed by atoms with Gasteiger partial charge in [0.05, 0.1) is 22.8 Å². The summed E-state index contributed by atoms with van der Waals surface area (Å²) in [5.41, 5.74) is 1.02. The van der Waals surface area contributed by atoms with Crippen LogP contribution in [0.15, 0.2) is 18.2 Å². The van der Waals surface area contributed by atoms with Crippen LogP contribution in [-0.4, -0.2) is 24.1 Å². The summed E-state index contributed by atoms with van der Waals surface area (Å²) in [5.74, 6) is 0.603. The molecule has 5 heteroatoms. The molecule has 1 heterocycles. The molecule has 0 N–H and O–H groups in total. The highest BCUT2D eigenvalue weighted by atomic mass is 16.6. The highest BCUT2D eigenvalue weighted by Crippen LogP contribution is 2.34. The van der Waals surface area contributed by atoms with Gasteiger partial charge in [0.1, 0.15) is 5.75 Å². The first-order chi connectivity index (χ1) is 9.08. The van der Waals surface area contributed by atoms with Gasteiger partial charge < -0.3 is 9.64 Å². The second-order valence-electron chi connectivity index (χ2n) is 4.93. The zero-order valence-corrected chi connectivity index (χ0v) is 11.3. The minimum atomic E-state index is -0.388. The maximum atomic E-state index is 10.9. The van der Waals surface area contributed by atoms with Crippen molar-refractivity contribution in [3.8, 4) is 5.75 Å². The first-order valence-electron chi connectivity index (χ1n) is 6.59. The molecule has 0 bridgehead atoms. The van der Waals surface area contributed by atoms with Crippen LogP contribution >= 0.6 is 0 Å². The lowest BCUT2D eigenvalue weighted by Gasteiger charge is -2.30. The van der Waals surface area contributed by atoms with E-state index < -0.39 is 0 Å². The number of anilines is 1. The standard InChI is InChI=1S/C14H19N2O3/c1-11(2)19-14-10-12(16(17)18)6-7-13(14)15-8-4-3-5-9-15/h3,6-7,10-11H,4-5,8-9H2,1-2H3. The van der Waals surface area contributed by atoms with Crippen molar-refractivity contribution >= 4 is 11.4 Å². The van der Waals surface area contributed by atoms with Crippen molar-refractivity contribution in [2.45, 2.75) is 32.8 Å². The van der Waals surface area contributed by atoms with Crippen molar-refractivity contribution in [3.05, 3.63) is 34.7 Å². The second-order valence-corrected chi connectivity index (χ2v) is 4.93. The fraction of sp³-hybridized carbons (Fsp3) is 0.500. The Kier molecular flexibility index (Phi) is 4.24. The van der Waals surface area contributed by atoms with E-state index in [1.165, 1.54) is 6.07 Å². The summed E-state index contributed by atoms with van der Waals surface area (Å²) in [6, 6.07) is 4.86. The van der Waals surface area contributed by atoms with E-state index in [0.717, 1.165) is 31.6 Å². The zero-order chi connectivity index (χ0) is 13.8. The predicted molar refractivity (Wildman–Crippen MR) is 74.6 cm³/mol. The van der Waals surface area contributed by atoms with Crippen molar-refractivity contribution in [2.75, 3.05) is 18.0 Å². The highest BCUT2D eigenvalue weighted by Gasteiger charge is 2.19. The van der Waals surface area contributed by atoms with Crippen molar-refractivity contribution in [1.82, 2.24) is 0 Å². The van der Waals surface area contributed by atoms with Crippen molar-refractivity contribution in [2.24, 2.45) is 0 Å². The van der Waals surface area contributed by atoms with E-state index in [1.807, 2.05) is 13.8 Å². The zero-order valence-electron chi connectivity index (χ0n) is 11.3. The Morgan fingerprint density at radius 3 is 2.58 bits per heavy atom. The topological polar surface area (TPSA) is 55.6 Å². The number of benzene rings is 1. The van der Waals surface area contributed by atoms with Gasteiger partial charge in [-0.15, -0.1) is 0 Å². The summed E-state index contributed by atoms with van der Waals surface area (Å²) < 4.78 is 5.73.